The molecule has 0 atom stereocenters. The third kappa shape index (κ3) is 2.42. The monoisotopic (exact) mass is 286 g/mol. The van der Waals surface area contributed by atoms with E-state index in [0.29, 0.717) is 23.7 Å². The number of carbonyl (C=O) groups is 1. The lowest BCUT2D eigenvalue weighted by molar-refractivity contribution is 0.100. The van der Waals surface area contributed by atoms with Gasteiger partial charge in [0.25, 0.3) is 5.91 Å². The van der Waals surface area contributed by atoms with Crippen LogP contribution in [0.1, 0.15) is 33.6 Å². The van der Waals surface area contributed by atoms with Gasteiger partial charge in [-0.2, -0.15) is 5.10 Å². The van der Waals surface area contributed by atoms with Crippen molar-refractivity contribution in [3.63, 3.8) is 0 Å². The number of anilines is 2. The molecule has 0 aliphatic heterocycles. The maximum absolute atomic E-state index is 11.6. The summed E-state index contributed by atoms with van der Waals surface area (Å²) < 4.78 is 1.60. The molecule has 1 amide bonds. The van der Waals surface area contributed by atoms with Crippen LogP contribution in [0.3, 0.4) is 0 Å². The first-order valence-corrected chi connectivity index (χ1v) is 6.89. The van der Waals surface area contributed by atoms with Gasteiger partial charge in [-0.3, -0.25) is 9.48 Å². The molecule has 1 aliphatic rings. The summed E-state index contributed by atoms with van der Waals surface area (Å²) in [5.41, 5.74) is 14.8. The van der Waals surface area contributed by atoms with Gasteiger partial charge in [0.1, 0.15) is 11.6 Å². The maximum Gasteiger partial charge on any atom is 0.252 e. The molecule has 0 radical (unpaired) electrons. The van der Waals surface area contributed by atoms with Crippen molar-refractivity contribution < 1.29 is 4.79 Å². The van der Waals surface area contributed by atoms with Crippen LogP contribution in [0, 0.1) is 0 Å². The van der Waals surface area contributed by atoms with Crippen LogP contribution < -0.4 is 16.8 Å². The molecule has 21 heavy (non-hydrogen) atoms. The second-order valence-corrected chi connectivity index (χ2v) is 5.24. The molecule has 0 fully saturated rings. The second kappa shape index (κ2) is 5.08. The third-order valence-electron chi connectivity index (χ3n) is 3.83. The molecular formula is C14H18N6O. The van der Waals surface area contributed by atoms with E-state index >= 15 is 0 Å². The molecule has 0 bridgehead atoms. The zero-order valence-electron chi connectivity index (χ0n) is 11.9. The minimum Gasteiger partial charge on any atom is -0.384 e. The summed E-state index contributed by atoms with van der Waals surface area (Å²) in [6.07, 6.45) is 4.66. The number of pyridine rings is 1. The number of nitrogen functional groups attached to an aromatic ring is 1. The van der Waals surface area contributed by atoms with Gasteiger partial charge >= 0.3 is 0 Å². The molecule has 5 N–H and O–H groups in total. The first-order valence-electron chi connectivity index (χ1n) is 6.89. The Morgan fingerprint density at radius 1 is 1.48 bits per heavy atom. The highest BCUT2D eigenvalue weighted by Gasteiger charge is 2.19. The van der Waals surface area contributed by atoms with Gasteiger partial charge in [0.15, 0.2) is 0 Å². The number of nitrogens with two attached hydrogens (primary N) is 2. The van der Waals surface area contributed by atoms with Crippen molar-refractivity contribution in [2.24, 2.45) is 12.8 Å². The van der Waals surface area contributed by atoms with Crippen molar-refractivity contribution in [1.29, 1.82) is 0 Å². The molecule has 0 saturated carbocycles. The van der Waals surface area contributed by atoms with E-state index in [-0.39, 0.29) is 0 Å². The number of amides is 1. The number of nitrogens with one attached hydrogen (secondary N) is 1. The van der Waals surface area contributed by atoms with Gasteiger partial charge in [0, 0.05) is 24.8 Å². The molecule has 0 saturated heterocycles. The fourth-order valence-electron chi connectivity index (χ4n) is 2.60. The van der Waals surface area contributed by atoms with Crippen molar-refractivity contribution in [2.45, 2.75) is 25.8 Å². The van der Waals surface area contributed by atoms with E-state index in [1.165, 1.54) is 0 Å². The van der Waals surface area contributed by atoms with Gasteiger partial charge in [-0.05, 0) is 30.9 Å². The molecule has 2 aromatic rings. The summed E-state index contributed by atoms with van der Waals surface area (Å²) in [6.45, 7) is 0.450. The number of rotatable bonds is 4. The lowest BCUT2D eigenvalue weighted by Gasteiger charge is -2.11. The first kappa shape index (κ1) is 13.4. The fourth-order valence-corrected chi connectivity index (χ4v) is 2.60. The van der Waals surface area contributed by atoms with E-state index in [0.717, 1.165) is 36.1 Å². The van der Waals surface area contributed by atoms with Crippen LogP contribution in [0.4, 0.5) is 11.6 Å². The zero-order valence-corrected chi connectivity index (χ0v) is 11.9. The second-order valence-electron chi connectivity index (χ2n) is 5.24. The highest BCUT2D eigenvalue weighted by molar-refractivity contribution is 5.97. The predicted molar refractivity (Wildman–Crippen MR) is 79.7 cm³/mol. The summed E-state index contributed by atoms with van der Waals surface area (Å²) in [5, 5.41) is 7.23. The summed E-state index contributed by atoms with van der Waals surface area (Å²) >= 11 is 0. The summed E-state index contributed by atoms with van der Waals surface area (Å²) in [6, 6.07) is 1.85. The molecule has 3 rings (SSSR count). The van der Waals surface area contributed by atoms with Crippen LogP contribution in [-0.4, -0.2) is 20.7 Å². The van der Waals surface area contributed by atoms with Gasteiger partial charge in [-0.1, -0.05) is 0 Å². The number of aromatic nitrogens is 3. The third-order valence-corrected chi connectivity index (χ3v) is 3.83. The van der Waals surface area contributed by atoms with E-state index in [1.54, 1.807) is 17.9 Å². The molecule has 7 heteroatoms. The van der Waals surface area contributed by atoms with E-state index in [2.05, 4.69) is 15.4 Å². The molecule has 2 heterocycles. The standard InChI is InChI=1S/C14H18N6O/c1-20-12(15)9(7-18-20)6-17-14-10(13(16)21)5-8-3-2-4-11(8)19-14/h5,7H,2-4,6,15H2,1H3,(H2,16,21)(H,17,19). The number of aryl methyl sites for hydroxylation is 3. The molecule has 7 nitrogen and oxygen atoms in total. The minimum absolute atomic E-state index is 0.429. The van der Waals surface area contributed by atoms with Crippen LogP contribution in [0.2, 0.25) is 0 Å². The SMILES string of the molecule is Cn1ncc(CNc2nc3c(cc2C(N)=O)CCC3)c1N. The normalized spacial score (nSPS) is 13.2. The molecule has 2 aromatic heterocycles. The van der Waals surface area contributed by atoms with Gasteiger partial charge in [-0.15, -0.1) is 0 Å². The molecular weight excluding hydrogens is 268 g/mol. The lowest BCUT2D eigenvalue weighted by Crippen LogP contribution is -2.17. The van der Waals surface area contributed by atoms with Crippen molar-refractivity contribution in [1.82, 2.24) is 14.8 Å². The molecule has 1 aliphatic carbocycles. The molecule has 110 valence electrons. The van der Waals surface area contributed by atoms with Crippen molar-refractivity contribution >= 4 is 17.5 Å². The van der Waals surface area contributed by atoms with E-state index in [9.17, 15) is 4.79 Å². The fraction of sp³-hybridized carbons (Fsp3) is 0.357. The number of hydrogen-bond donors (Lipinski definition) is 3. The maximum atomic E-state index is 11.6. The summed E-state index contributed by atoms with van der Waals surface area (Å²) in [5.74, 6) is 0.634. The zero-order chi connectivity index (χ0) is 15.0. The van der Waals surface area contributed by atoms with Gasteiger partial charge in [0.2, 0.25) is 0 Å². The Labute approximate surface area is 122 Å². The van der Waals surface area contributed by atoms with Crippen LogP contribution in [0.25, 0.3) is 0 Å². The topological polar surface area (TPSA) is 112 Å². The number of fused-ring (bicyclic) bond motifs is 1. The Morgan fingerprint density at radius 2 is 2.29 bits per heavy atom. The number of hydrogen-bond acceptors (Lipinski definition) is 5. The van der Waals surface area contributed by atoms with E-state index in [4.69, 9.17) is 11.5 Å². The molecule has 0 aromatic carbocycles. The average Bonchev–Trinajstić information content (AvgIpc) is 3.03. The quantitative estimate of drug-likeness (QED) is 0.762. The van der Waals surface area contributed by atoms with E-state index in [1.807, 2.05) is 6.07 Å². The van der Waals surface area contributed by atoms with Gasteiger partial charge in [-0.25, -0.2) is 4.98 Å². The molecule has 0 spiro atoms. The predicted octanol–water partition coefficient (Wildman–Crippen LogP) is 0.597. The Hall–Kier alpha value is -2.57. The van der Waals surface area contributed by atoms with Crippen LogP contribution in [-0.2, 0) is 26.4 Å². The van der Waals surface area contributed by atoms with Gasteiger partial charge < -0.3 is 16.8 Å². The van der Waals surface area contributed by atoms with Crippen molar-refractivity contribution in [2.75, 3.05) is 11.1 Å². The lowest BCUT2D eigenvalue weighted by atomic mass is 10.1. The Balaban J connectivity index is 1.87. The summed E-state index contributed by atoms with van der Waals surface area (Å²) in [4.78, 5) is 16.2. The van der Waals surface area contributed by atoms with Crippen LogP contribution in [0.5, 0.6) is 0 Å². The van der Waals surface area contributed by atoms with Crippen molar-refractivity contribution in [3.8, 4) is 0 Å². The Morgan fingerprint density at radius 3 is 2.95 bits per heavy atom. The Bertz CT molecular complexity index is 706. The smallest absolute Gasteiger partial charge is 0.252 e. The average molecular weight is 286 g/mol. The number of primary amides is 1. The largest absolute Gasteiger partial charge is 0.384 e. The summed E-state index contributed by atoms with van der Waals surface area (Å²) in [7, 11) is 1.78. The van der Waals surface area contributed by atoms with Crippen LogP contribution in [0.15, 0.2) is 12.3 Å². The highest BCUT2D eigenvalue weighted by atomic mass is 16.1. The van der Waals surface area contributed by atoms with Gasteiger partial charge in [0.05, 0.1) is 11.8 Å². The number of carbonyl (C=O) groups excluding carboxylic acids is 1. The molecule has 0 unspecified atom stereocenters. The Kier molecular flexibility index (Phi) is 3.25. The number of nitrogens with zero attached hydrogens (tertiary/aromatic N) is 3. The van der Waals surface area contributed by atoms with Crippen molar-refractivity contribution in [3.05, 3.63) is 34.6 Å². The van der Waals surface area contributed by atoms with E-state index < -0.39 is 5.91 Å². The highest BCUT2D eigenvalue weighted by Crippen LogP contribution is 2.25. The van der Waals surface area contributed by atoms with Crippen LogP contribution >= 0.6 is 0 Å². The minimum atomic E-state index is -0.473. The first-order chi connectivity index (χ1) is 10.1.